The van der Waals surface area contributed by atoms with Crippen LogP contribution in [0.5, 0.6) is 0 Å². The molecule has 2 amide bonds. The van der Waals surface area contributed by atoms with Crippen LogP contribution in [0.25, 0.3) is 27.9 Å². The number of hydrogen-bond donors (Lipinski definition) is 2. The van der Waals surface area contributed by atoms with Gasteiger partial charge in [-0.25, -0.2) is 0 Å². The topological polar surface area (TPSA) is 63.1 Å². The largest absolute Gasteiger partial charge is 0.341 e. The van der Waals surface area contributed by atoms with Crippen LogP contribution in [0, 0.1) is 0 Å². The molecule has 1 heterocycles. The Morgan fingerprint density at radius 1 is 0.795 bits per heavy atom. The molecule has 6 heteroatoms. The van der Waals surface area contributed by atoms with Crippen LogP contribution in [-0.4, -0.2) is 21.6 Å². The first-order valence-electron chi connectivity index (χ1n) is 13.2. The molecule has 0 aliphatic rings. The van der Waals surface area contributed by atoms with E-state index in [2.05, 4.69) is 52.5 Å². The minimum atomic E-state index is -0.276. The summed E-state index contributed by atoms with van der Waals surface area (Å²) >= 11 is 1.50. The lowest BCUT2D eigenvalue weighted by Crippen LogP contribution is -2.24. The molecule has 1 aromatic heterocycles. The van der Waals surface area contributed by atoms with Crippen LogP contribution >= 0.6 is 11.8 Å². The molecule has 1 unspecified atom stereocenters. The Morgan fingerprint density at radius 3 is 2.33 bits per heavy atom. The van der Waals surface area contributed by atoms with Gasteiger partial charge in [-0.1, -0.05) is 61.5 Å². The zero-order valence-corrected chi connectivity index (χ0v) is 22.9. The molecule has 5 nitrogen and oxygen atoms in total. The second kappa shape index (κ2) is 12.0. The highest BCUT2D eigenvalue weighted by molar-refractivity contribution is 8.00. The number of carbonyl (C=O) groups excluding carboxylic acids is 2. The number of nitrogens with one attached hydrogen (secondary N) is 2. The molecule has 0 aliphatic carbocycles. The molecule has 0 bridgehead atoms. The van der Waals surface area contributed by atoms with Gasteiger partial charge in [0.1, 0.15) is 0 Å². The highest BCUT2D eigenvalue weighted by Crippen LogP contribution is 2.32. The Morgan fingerprint density at radius 2 is 1.54 bits per heavy atom. The van der Waals surface area contributed by atoms with Gasteiger partial charge in [0, 0.05) is 50.7 Å². The molecular weight excluding hydrogens is 502 g/mol. The van der Waals surface area contributed by atoms with Crippen molar-refractivity contribution in [3.05, 3.63) is 109 Å². The molecule has 0 radical (unpaired) electrons. The highest BCUT2D eigenvalue weighted by Gasteiger charge is 2.19. The molecular formula is C33H31N3O2S. The Kier molecular flexibility index (Phi) is 8.13. The fourth-order valence-electron chi connectivity index (χ4n) is 4.75. The molecule has 0 spiro atoms. The molecule has 0 aliphatic heterocycles. The first-order chi connectivity index (χ1) is 19.1. The van der Waals surface area contributed by atoms with Crippen LogP contribution in [0.1, 0.15) is 25.8 Å². The van der Waals surface area contributed by atoms with Crippen LogP contribution in [0.4, 0.5) is 11.4 Å². The summed E-state index contributed by atoms with van der Waals surface area (Å²) in [7, 11) is 0. The Hall–Kier alpha value is -4.29. The van der Waals surface area contributed by atoms with Crippen molar-refractivity contribution in [2.75, 3.05) is 10.6 Å². The summed E-state index contributed by atoms with van der Waals surface area (Å²) in [5.41, 5.74) is 4.80. The maximum Gasteiger partial charge on any atom is 0.248 e. The SMILES string of the molecule is CCC(Sc1cccc(NC(=O)/C=C/c2ccccc2)c1)C(=O)Nc1ccc2c(c1)c1ccccc1n2CC. The fourth-order valence-corrected chi connectivity index (χ4v) is 5.76. The quantitative estimate of drug-likeness (QED) is 0.149. The van der Waals surface area contributed by atoms with Crippen molar-refractivity contribution in [1.29, 1.82) is 0 Å². The van der Waals surface area contributed by atoms with Gasteiger partial charge in [0.15, 0.2) is 0 Å². The third kappa shape index (κ3) is 6.07. The smallest absolute Gasteiger partial charge is 0.248 e. The number of carbonyl (C=O) groups is 2. The minimum Gasteiger partial charge on any atom is -0.341 e. The lowest BCUT2D eigenvalue weighted by molar-refractivity contribution is -0.115. The van der Waals surface area contributed by atoms with E-state index in [1.807, 2.05) is 73.7 Å². The van der Waals surface area contributed by atoms with Crippen LogP contribution in [0.3, 0.4) is 0 Å². The molecule has 196 valence electrons. The number of para-hydroxylation sites is 1. The summed E-state index contributed by atoms with van der Waals surface area (Å²) in [6, 6.07) is 31.8. The predicted octanol–water partition coefficient (Wildman–Crippen LogP) is 7.98. The van der Waals surface area contributed by atoms with Gasteiger partial charge in [0.05, 0.1) is 5.25 Å². The van der Waals surface area contributed by atoms with E-state index >= 15 is 0 Å². The standard InChI is InChI=1S/C33H31N3O2S/c1-3-31(39-26-14-10-13-24(21-26)34-32(37)20-17-23-11-6-5-7-12-23)33(38)35-25-18-19-30-28(22-25)27-15-8-9-16-29(27)36(30)4-2/h5-22,31H,3-4H2,1-2H3,(H,34,37)(H,35,38)/b20-17+. The van der Waals surface area contributed by atoms with E-state index in [-0.39, 0.29) is 17.1 Å². The number of hydrogen-bond acceptors (Lipinski definition) is 3. The molecule has 39 heavy (non-hydrogen) atoms. The number of nitrogens with zero attached hydrogens (tertiary/aromatic N) is 1. The molecule has 0 saturated carbocycles. The van der Waals surface area contributed by atoms with Gasteiger partial charge in [-0.15, -0.1) is 11.8 Å². The van der Waals surface area contributed by atoms with Crippen molar-refractivity contribution in [1.82, 2.24) is 4.57 Å². The molecule has 1 atom stereocenters. The van der Waals surface area contributed by atoms with Crippen LogP contribution < -0.4 is 10.6 Å². The number of benzene rings is 4. The molecule has 5 aromatic rings. The van der Waals surface area contributed by atoms with E-state index in [1.165, 1.54) is 28.7 Å². The second-order valence-electron chi connectivity index (χ2n) is 9.26. The second-order valence-corrected chi connectivity index (χ2v) is 10.5. The van der Waals surface area contributed by atoms with Gasteiger partial charge < -0.3 is 15.2 Å². The Balaban J connectivity index is 1.27. The summed E-state index contributed by atoms with van der Waals surface area (Å²) in [5, 5.41) is 8.08. The van der Waals surface area contributed by atoms with Gasteiger partial charge in [0.25, 0.3) is 0 Å². The average molecular weight is 534 g/mol. The van der Waals surface area contributed by atoms with Crippen LogP contribution in [-0.2, 0) is 16.1 Å². The van der Waals surface area contributed by atoms with Gasteiger partial charge in [0.2, 0.25) is 11.8 Å². The van der Waals surface area contributed by atoms with Crippen molar-refractivity contribution in [3.63, 3.8) is 0 Å². The van der Waals surface area contributed by atoms with Gasteiger partial charge >= 0.3 is 0 Å². The van der Waals surface area contributed by atoms with Gasteiger partial charge in [-0.2, -0.15) is 0 Å². The first-order valence-corrected chi connectivity index (χ1v) is 14.1. The zero-order valence-electron chi connectivity index (χ0n) is 22.1. The molecule has 0 fully saturated rings. The van der Waals surface area contributed by atoms with Crippen molar-refractivity contribution < 1.29 is 9.59 Å². The maximum absolute atomic E-state index is 13.3. The normalized spacial score (nSPS) is 12.2. The number of anilines is 2. The molecule has 2 N–H and O–H groups in total. The number of aromatic nitrogens is 1. The number of rotatable bonds is 9. The third-order valence-corrected chi connectivity index (χ3v) is 7.98. The van der Waals surface area contributed by atoms with Gasteiger partial charge in [-0.05, 0) is 67.4 Å². The van der Waals surface area contributed by atoms with E-state index in [0.717, 1.165) is 33.6 Å². The lowest BCUT2D eigenvalue weighted by atomic mass is 10.1. The van der Waals surface area contributed by atoms with E-state index in [9.17, 15) is 9.59 Å². The molecule has 0 saturated heterocycles. The van der Waals surface area contributed by atoms with Crippen molar-refractivity contribution in [2.45, 2.75) is 37.0 Å². The van der Waals surface area contributed by atoms with E-state index in [0.29, 0.717) is 12.1 Å². The number of amides is 2. The zero-order chi connectivity index (χ0) is 27.2. The van der Waals surface area contributed by atoms with Gasteiger partial charge in [-0.3, -0.25) is 9.59 Å². The van der Waals surface area contributed by atoms with Crippen molar-refractivity contribution >= 4 is 62.8 Å². The summed E-state index contributed by atoms with van der Waals surface area (Å²) in [6.07, 6.45) is 3.97. The number of fused-ring (bicyclic) bond motifs is 3. The van der Waals surface area contributed by atoms with E-state index < -0.39 is 0 Å². The van der Waals surface area contributed by atoms with E-state index in [1.54, 1.807) is 6.08 Å². The number of aryl methyl sites for hydroxylation is 1. The van der Waals surface area contributed by atoms with Crippen LogP contribution in [0.2, 0.25) is 0 Å². The van der Waals surface area contributed by atoms with E-state index in [4.69, 9.17) is 0 Å². The van der Waals surface area contributed by atoms with Crippen molar-refractivity contribution in [3.8, 4) is 0 Å². The average Bonchev–Trinajstić information content (AvgIpc) is 3.28. The van der Waals surface area contributed by atoms with Crippen molar-refractivity contribution in [2.24, 2.45) is 0 Å². The summed E-state index contributed by atoms with van der Waals surface area (Å²) in [5.74, 6) is -0.244. The number of thioether (sulfide) groups is 1. The monoisotopic (exact) mass is 533 g/mol. The summed E-state index contributed by atoms with van der Waals surface area (Å²) in [4.78, 5) is 26.6. The summed E-state index contributed by atoms with van der Waals surface area (Å²) < 4.78 is 2.30. The lowest BCUT2D eigenvalue weighted by Gasteiger charge is -2.15. The fraction of sp³-hybridized carbons (Fsp3) is 0.152. The molecule has 5 rings (SSSR count). The Bertz CT molecular complexity index is 1660. The summed E-state index contributed by atoms with van der Waals surface area (Å²) in [6.45, 7) is 5.04. The van der Waals surface area contributed by atoms with Crippen LogP contribution in [0.15, 0.2) is 108 Å². The minimum absolute atomic E-state index is 0.0405. The molecule has 4 aromatic carbocycles. The predicted molar refractivity (Wildman–Crippen MR) is 164 cm³/mol. The first kappa shape index (κ1) is 26.3. The highest BCUT2D eigenvalue weighted by atomic mass is 32.2. The maximum atomic E-state index is 13.3. The third-order valence-electron chi connectivity index (χ3n) is 6.63. The Labute approximate surface area is 232 Å².